The first-order chi connectivity index (χ1) is 10.6. The van der Waals surface area contributed by atoms with E-state index in [9.17, 15) is 13.6 Å². The highest BCUT2D eigenvalue weighted by Gasteiger charge is 2.14. The Morgan fingerprint density at radius 3 is 2.55 bits per heavy atom. The zero-order valence-corrected chi connectivity index (χ0v) is 11.8. The molecule has 2 N–H and O–H groups in total. The summed E-state index contributed by atoms with van der Waals surface area (Å²) in [6.07, 6.45) is 2.56. The van der Waals surface area contributed by atoms with Gasteiger partial charge in [-0.25, -0.2) is 18.7 Å². The molecule has 0 unspecified atom stereocenters. The van der Waals surface area contributed by atoms with Gasteiger partial charge >= 0.3 is 0 Å². The van der Waals surface area contributed by atoms with Gasteiger partial charge in [0.25, 0.3) is 5.91 Å². The van der Waals surface area contributed by atoms with Gasteiger partial charge in [0.2, 0.25) is 0 Å². The smallest absolute Gasteiger partial charge is 0.276 e. The van der Waals surface area contributed by atoms with Gasteiger partial charge in [0.05, 0.1) is 19.0 Å². The number of halogens is 2. The molecule has 0 aliphatic carbocycles. The Bertz CT molecular complexity index is 630. The standard InChI is InChI=1S/C14H14F2N4O2/c1-22-6-5-17-12-8-18-11(7-19-12)14(21)20-13-9(15)3-2-4-10(13)16/h2-4,7-8H,5-6H2,1H3,(H,17,19)(H,20,21). The first-order valence-corrected chi connectivity index (χ1v) is 6.42. The zero-order chi connectivity index (χ0) is 15.9. The van der Waals surface area contributed by atoms with Gasteiger partial charge in [-0.05, 0) is 12.1 Å². The Morgan fingerprint density at radius 1 is 1.23 bits per heavy atom. The number of amides is 1. The lowest BCUT2D eigenvalue weighted by Gasteiger charge is -2.08. The van der Waals surface area contributed by atoms with Gasteiger partial charge < -0.3 is 15.4 Å². The molecule has 6 nitrogen and oxygen atoms in total. The van der Waals surface area contributed by atoms with Crippen LogP contribution in [0.1, 0.15) is 10.5 Å². The molecule has 0 bridgehead atoms. The highest BCUT2D eigenvalue weighted by Crippen LogP contribution is 2.18. The van der Waals surface area contributed by atoms with Gasteiger partial charge in [-0.2, -0.15) is 0 Å². The maximum atomic E-state index is 13.5. The van der Waals surface area contributed by atoms with Crippen LogP contribution < -0.4 is 10.6 Å². The summed E-state index contributed by atoms with van der Waals surface area (Å²) in [5, 5.41) is 5.06. The molecule has 0 radical (unpaired) electrons. The lowest BCUT2D eigenvalue weighted by atomic mass is 10.3. The van der Waals surface area contributed by atoms with Crippen LogP contribution in [0.25, 0.3) is 0 Å². The number of para-hydroxylation sites is 1. The predicted molar refractivity (Wildman–Crippen MR) is 76.7 cm³/mol. The molecular formula is C14H14F2N4O2. The van der Waals surface area contributed by atoms with Crippen molar-refractivity contribution >= 4 is 17.4 Å². The number of methoxy groups -OCH3 is 1. The Hall–Kier alpha value is -2.61. The van der Waals surface area contributed by atoms with E-state index in [0.29, 0.717) is 19.0 Å². The lowest BCUT2D eigenvalue weighted by Crippen LogP contribution is -2.17. The molecule has 1 aromatic carbocycles. The minimum Gasteiger partial charge on any atom is -0.383 e. The Morgan fingerprint density at radius 2 is 1.95 bits per heavy atom. The predicted octanol–water partition coefficient (Wildman–Crippen LogP) is 2.07. The number of rotatable bonds is 6. The number of hydrogen-bond donors (Lipinski definition) is 2. The SMILES string of the molecule is COCCNc1cnc(C(=O)Nc2c(F)cccc2F)cn1. The van der Waals surface area contributed by atoms with Crippen LogP contribution in [0, 0.1) is 11.6 Å². The fraction of sp³-hybridized carbons (Fsp3) is 0.214. The van der Waals surface area contributed by atoms with Crippen molar-refractivity contribution in [2.75, 3.05) is 30.9 Å². The summed E-state index contributed by atoms with van der Waals surface area (Å²) in [5.74, 6) is -2.01. The molecule has 0 fully saturated rings. The molecular weight excluding hydrogens is 294 g/mol. The molecule has 0 aliphatic heterocycles. The molecule has 0 atom stereocenters. The molecule has 1 amide bonds. The molecule has 22 heavy (non-hydrogen) atoms. The first kappa shape index (κ1) is 15.8. The van der Waals surface area contributed by atoms with Gasteiger partial charge in [-0.1, -0.05) is 6.07 Å². The second kappa shape index (κ2) is 7.41. The maximum absolute atomic E-state index is 13.5. The highest BCUT2D eigenvalue weighted by molar-refractivity contribution is 6.02. The Kier molecular flexibility index (Phi) is 5.31. The van der Waals surface area contributed by atoms with Crippen LogP contribution in [-0.2, 0) is 4.74 Å². The molecule has 0 aliphatic rings. The molecule has 1 heterocycles. The summed E-state index contributed by atoms with van der Waals surface area (Å²) >= 11 is 0. The van der Waals surface area contributed by atoms with Crippen LogP contribution in [0.5, 0.6) is 0 Å². The zero-order valence-electron chi connectivity index (χ0n) is 11.8. The molecule has 2 rings (SSSR count). The van der Waals surface area contributed by atoms with Crippen molar-refractivity contribution in [1.29, 1.82) is 0 Å². The van der Waals surface area contributed by atoms with E-state index in [4.69, 9.17) is 4.74 Å². The van der Waals surface area contributed by atoms with Gasteiger partial charge in [-0.15, -0.1) is 0 Å². The third-order valence-corrected chi connectivity index (χ3v) is 2.70. The van der Waals surface area contributed by atoms with E-state index in [1.807, 2.05) is 0 Å². The van der Waals surface area contributed by atoms with E-state index in [1.165, 1.54) is 18.5 Å². The van der Waals surface area contributed by atoms with E-state index < -0.39 is 23.2 Å². The van der Waals surface area contributed by atoms with Crippen molar-refractivity contribution < 1.29 is 18.3 Å². The molecule has 8 heteroatoms. The monoisotopic (exact) mass is 308 g/mol. The summed E-state index contributed by atoms with van der Waals surface area (Å²) in [6, 6.07) is 3.31. The number of hydrogen-bond acceptors (Lipinski definition) is 5. The van der Waals surface area contributed by atoms with Crippen molar-refractivity contribution in [3.8, 4) is 0 Å². The Balaban J connectivity index is 2.04. The number of anilines is 2. The first-order valence-electron chi connectivity index (χ1n) is 6.42. The second-order valence-electron chi connectivity index (χ2n) is 4.26. The quantitative estimate of drug-likeness (QED) is 0.799. The van der Waals surface area contributed by atoms with Gasteiger partial charge in [0.1, 0.15) is 28.8 Å². The average Bonchev–Trinajstić information content (AvgIpc) is 2.52. The van der Waals surface area contributed by atoms with Crippen LogP contribution in [0.2, 0.25) is 0 Å². The summed E-state index contributed by atoms with van der Waals surface area (Å²) in [5.41, 5.74) is -0.573. The van der Waals surface area contributed by atoms with E-state index in [0.717, 1.165) is 12.1 Å². The summed E-state index contributed by atoms with van der Waals surface area (Å²) < 4.78 is 31.8. The highest BCUT2D eigenvalue weighted by atomic mass is 19.1. The summed E-state index contributed by atoms with van der Waals surface area (Å²) in [4.78, 5) is 19.8. The molecule has 0 saturated carbocycles. The van der Waals surface area contributed by atoms with E-state index in [-0.39, 0.29) is 5.69 Å². The number of nitrogens with zero attached hydrogens (tertiary/aromatic N) is 2. The van der Waals surface area contributed by atoms with Gasteiger partial charge in [0, 0.05) is 13.7 Å². The number of ether oxygens (including phenoxy) is 1. The number of benzene rings is 1. The molecule has 1 aromatic heterocycles. The molecule has 2 aromatic rings. The third-order valence-electron chi connectivity index (χ3n) is 2.70. The molecule has 0 saturated heterocycles. The number of carbonyl (C=O) groups is 1. The minimum absolute atomic E-state index is 0.0556. The van der Waals surface area contributed by atoms with Gasteiger partial charge in [-0.3, -0.25) is 4.79 Å². The van der Waals surface area contributed by atoms with Crippen LogP contribution >= 0.6 is 0 Å². The van der Waals surface area contributed by atoms with E-state index in [1.54, 1.807) is 7.11 Å². The second-order valence-corrected chi connectivity index (χ2v) is 4.26. The van der Waals surface area contributed by atoms with Crippen LogP contribution in [0.15, 0.2) is 30.6 Å². The van der Waals surface area contributed by atoms with Crippen LogP contribution in [0.3, 0.4) is 0 Å². The lowest BCUT2D eigenvalue weighted by molar-refractivity contribution is 0.102. The largest absolute Gasteiger partial charge is 0.383 e. The average molecular weight is 308 g/mol. The normalized spacial score (nSPS) is 10.3. The summed E-state index contributed by atoms with van der Waals surface area (Å²) in [7, 11) is 1.57. The fourth-order valence-corrected chi connectivity index (χ4v) is 1.61. The van der Waals surface area contributed by atoms with Crippen LogP contribution in [0.4, 0.5) is 20.3 Å². The number of carbonyl (C=O) groups excluding carboxylic acids is 1. The van der Waals surface area contributed by atoms with Crippen molar-refractivity contribution in [3.05, 3.63) is 47.9 Å². The third kappa shape index (κ3) is 3.95. The minimum atomic E-state index is -0.862. The Labute approximate surface area is 125 Å². The van der Waals surface area contributed by atoms with Crippen molar-refractivity contribution in [3.63, 3.8) is 0 Å². The fourth-order valence-electron chi connectivity index (χ4n) is 1.61. The molecule has 0 spiro atoms. The number of nitrogens with one attached hydrogen (secondary N) is 2. The number of aromatic nitrogens is 2. The maximum Gasteiger partial charge on any atom is 0.276 e. The van der Waals surface area contributed by atoms with E-state index in [2.05, 4.69) is 20.6 Å². The summed E-state index contributed by atoms with van der Waals surface area (Å²) in [6.45, 7) is 1.04. The van der Waals surface area contributed by atoms with Gasteiger partial charge in [0.15, 0.2) is 0 Å². The van der Waals surface area contributed by atoms with Crippen LogP contribution in [-0.4, -0.2) is 36.1 Å². The van der Waals surface area contributed by atoms with Crippen molar-refractivity contribution in [2.24, 2.45) is 0 Å². The molecule has 116 valence electrons. The van der Waals surface area contributed by atoms with E-state index >= 15 is 0 Å². The van der Waals surface area contributed by atoms with Crippen molar-refractivity contribution in [1.82, 2.24) is 9.97 Å². The topological polar surface area (TPSA) is 76.1 Å². The van der Waals surface area contributed by atoms with Crippen molar-refractivity contribution in [2.45, 2.75) is 0 Å².